The molecule has 1 atom stereocenters. The van der Waals surface area contributed by atoms with Crippen LogP contribution in [0.4, 0.5) is 10.1 Å². The topological polar surface area (TPSA) is 75.3 Å². The van der Waals surface area contributed by atoms with E-state index in [0.717, 1.165) is 29.8 Å². The minimum Gasteiger partial charge on any atom is -0.324 e. The van der Waals surface area contributed by atoms with E-state index in [1.807, 2.05) is 19.1 Å². The number of benzene rings is 2. The zero-order valence-corrected chi connectivity index (χ0v) is 13.5. The molecule has 0 bridgehead atoms. The molecule has 0 aliphatic carbocycles. The normalized spacial score (nSPS) is 12.7. The van der Waals surface area contributed by atoms with Crippen LogP contribution in [0, 0.1) is 12.7 Å². The fraction of sp³-hybridized carbons (Fsp3) is 0.188. The minimum absolute atomic E-state index is 0.102. The number of carbonyl (C=O) groups excluding carboxylic acids is 1. The van der Waals surface area contributed by atoms with Crippen LogP contribution in [0.1, 0.15) is 12.5 Å². The molecule has 23 heavy (non-hydrogen) atoms. The van der Waals surface area contributed by atoms with Crippen LogP contribution in [-0.4, -0.2) is 20.4 Å². The second-order valence-electron chi connectivity index (χ2n) is 5.10. The minimum atomic E-state index is -3.90. The third-order valence-corrected chi connectivity index (χ3v) is 4.81. The quantitative estimate of drug-likeness (QED) is 0.880. The molecule has 1 unspecified atom stereocenters. The Hall–Kier alpha value is -2.25. The summed E-state index contributed by atoms with van der Waals surface area (Å²) in [7, 11) is -3.90. The molecule has 2 N–H and O–H groups in total. The lowest BCUT2D eigenvalue weighted by Crippen LogP contribution is -2.41. The SMILES string of the molecule is Cc1ccccc1NC(=O)C(C)NS(=O)(=O)c1ccc(F)cc1. The van der Waals surface area contributed by atoms with Crippen molar-refractivity contribution in [2.75, 3.05) is 5.32 Å². The molecule has 0 spiro atoms. The monoisotopic (exact) mass is 336 g/mol. The number of sulfonamides is 1. The Morgan fingerprint density at radius 2 is 1.70 bits per heavy atom. The second-order valence-corrected chi connectivity index (χ2v) is 6.82. The van der Waals surface area contributed by atoms with Crippen molar-refractivity contribution in [1.82, 2.24) is 4.72 Å². The van der Waals surface area contributed by atoms with Gasteiger partial charge in [0.25, 0.3) is 0 Å². The van der Waals surface area contributed by atoms with Gasteiger partial charge in [0.1, 0.15) is 5.82 Å². The molecule has 122 valence electrons. The standard InChI is InChI=1S/C16H17FN2O3S/c1-11-5-3-4-6-15(11)18-16(20)12(2)19-23(21,22)14-9-7-13(17)8-10-14/h3-10,12,19H,1-2H3,(H,18,20). The van der Waals surface area contributed by atoms with Crippen LogP contribution in [0.3, 0.4) is 0 Å². The summed E-state index contributed by atoms with van der Waals surface area (Å²) in [6, 6.07) is 10.6. The molecule has 0 radical (unpaired) electrons. The Labute approximate surface area is 134 Å². The molecule has 0 aliphatic rings. The van der Waals surface area contributed by atoms with Gasteiger partial charge in [0.05, 0.1) is 10.9 Å². The molecule has 0 saturated carbocycles. The van der Waals surface area contributed by atoms with Gasteiger partial charge in [-0.2, -0.15) is 4.72 Å². The lowest BCUT2D eigenvalue weighted by atomic mass is 10.2. The highest BCUT2D eigenvalue weighted by atomic mass is 32.2. The predicted molar refractivity (Wildman–Crippen MR) is 86.0 cm³/mol. The summed E-state index contributed by atoms with van der Waals surface area (Å²) in [6.07, 6.45) is 0. The zero-order valence-electron chi connectivity index (χ0n) is 12.7. The molecule has 0 heterocycles. The Kier molecular flexibility index (Phi) is 5.12. The van der Waals surface area contributed by atoms with Crippen LogP contribution in [0.5, 0.6) is 0 Å². The van der Waals surface area contributed by atoms with Crippen LogP contribution in [-0.2, 0) is 14.8 Å². The Morgan fingerprint density at radius 1 is 1.09 bits per heavy atom. The number of halogens is 1. The van der Waals surface area contributed by atoms with Gasteiger partial charge < -0.3 is 5.32 Å². The Balaban J connectivity index is 2.08. The van der Waals surface area contributed by atoms with Crippen LogP contribution in [0.25, 0.3) is 0 Å². The van der Waals surface area contributed by atoms with Gasteiger partial charge in [0.15, 0.2) is 0 Å². The smallest absolute Gasteiger partial charge is 0.242 e. The van der Waals surface area contributed by atoms with Crippen LogP contribution in [0.2, 0.25) is 0 Å². The first-order valence-corrected chi connectivity index (χ1v) is 8.42. The highest BCUT2D eigenvalue weighted by Gasteiger charge is 2.22. The van der Waals surface area contributed by atoms with Gasteiger partial charge in [-0.05, 0) is 49.7 Å². The number of para-hydroxylation sites is 1. The van der Waals surface area contributed by atoms with E-state index in [1.54, 1.807) is 12.1 Å². The van der Waals surface area contributed by atoms with Gasteiger partial charge in [-0.3, -0.25) is 4.79 Å². The first-order chi connectivity index (χ1) is 10.8. The van der Waals surface area contributed by atoms with E-state index >= 15 is 0 Å². The van der Waals surface area contributed by atoms with Crippen molar-refractivity contribution >= 4 is 21.6 Å². The molecule has 2 aromatic rings. The lowest BCUT2D eigenvalue weighted by molar-refractivity contribution is -0.117. The van der Waals surface area contributed by atoms with E-state index < -0.39 is 27.8 Å². The number of aryl methyl sites for hydroxylation is 1. The molecule has 5 nitrogen and oxygen atoms in total. The van der Waals surface area contributed by atoms with E-state index in [-0.39, 0.29) is 4.90 Å². The molecule has 0 fully saturated rings. The van der Waals surface area contributed by atoms with Crippen molar-refractivity contribution in [3.8, 4) is 0 Å². The highest BCUT2D eigenvalue weighted by molar-refractivity contribution is 7.89. The Morgan fingerprint density at radius 3 is 2.30 bits per heavy atom. The fourth-order valence-electron chi connectivity index (χ4n) is 1.92. The van der Waals surface area contributed by atoms with Crippen LogP contribution >= 0.6 is 0 Å². The largest absolute Gasteiger partial charge is 0.324 e. The molecule has 7 heteroatoms. The molecule has 1 amide bonds. The first-order valence-electron chi connectivity index (χ1n) is 6.94. The van der Waals surface area contributed by atoms with Crippen molar-refractivity contribution < 1.29 is 17.6 Å². The summed E-state index contributed by atoms with van der Waals surface area (Å²) in [5.41, 5.74) is 1.49. The molecular formula is C16H17FN2O3S. The van der Waals surface area contributed by atoms with E-state index in [1.165, 1.54) is 6.92 Å². The summed E-state index contributed by atoms with van der Waals surface area (Å²) in [5, 5.41) is 2.67. The average Bonchev–Trinajstić information content (AvgIpc) is 2.49. The zero-order chi connectivity index (χ0) is 17.0. The summed E-state index contributed by atoms with van der Waals surface area (Å²) in [5.74, 6) is -1.01. The van der Waals surface area contributed by atoms with Crippen molar-refractivity contribution in [1.29, 1.82) is 0 Å². The van der Waals surface area contributed by atoms with Crippen molar-refractivity contribution in [3.63, 3.8) is 0 Å². The van der Waals surface area contributed by atoms with Gasteiger partial charge >= 0.3 is 0 Å². The number of anilines is 1. The highest BCUT2D eigenvalue weighted by Crippen LogP contribution is 2.14. The molecule has 0 aliphatic heterocycles. The molecule has 2 rings (SSSR count). The van der Waals surface area contributed by atoms with E-state index in [9.17, 15) is 17.6 Å². The summed E-state index contributed by atoms with van der Waals surface area (Å²) < 4.78 is 39.5. The summed E-state index contributed by atoms with van der Waals surface area (Å²) in [6.45, 7) is 3.28. The third kappa shape index (κ3) is 4.37. The second kappa shape index (κ2) is 6.89. The maximum atomic E-state index is 12.9. The Bertz CT molecular complexity index is 804. The van der Waals surface area contributed by atoms with E-state index in [4.69, 9.17) is 0 Å². The van der Waals surface area contributed by atoms with Crippen molar-refractivity contribution in [3.05, 3.63) is 59.9 Å². The fourth-order valence-corrected chi connectivity index (χ4v) is 3.13. The van der Waals surface area contributed by atoms with Gasteiger partial charge in [-0.1, -0.05) is 18.2 Å². The number of carbonyl (C=O) groups is 1. The number of hydrogen-bond donors (Lipinski definition) is 2. The molecule has 2 aromatic carbocycles. The molecule has 0 saturated heterocycles. The number of nitrogens with one attached hydrogen (secondary N) is 2. The predicted octanol–water partition coefficient (Wildman–Crippen LogP) is 2.44. The van der Waals surface area contributed by atoms with Gasteiger partial charge in [0, 0.05) is 5.69 Å². The average molecular weight is 336 g/mol. The third-order valence-electron chi connectivity index (χ3n) is 3.25. The number of rotatable bonds is 5. The summed E-state index contributed by atoms with van der Waals surface area (Å²) >= 11 is 0. The molecular weight excluding hydrogens is 319 g/mol. The van der Waals surface area contributed by atoms with E-state index in [0.29, 0.717) is 5.69 Å². The van der Waals surface area contributed by atoms with Crippen molar-refractivity contribution in [2.24, 2.45) is 0 Å². The first kappa shape index (κ1) is 17.1. The van der Waals surface area contributed by atoms with Crippen molar-refractivity contribution in [2.45, 2.75) is 24.8 Å². The number of amides is 1. The summed E-state index contributed by atoms with van der Waals surface area (Å²) in [4.78, 5) is 12.0. The molecule has 0 aromatic heterocycles. The van der Waals surface area contributed by atoms with Gasteiger partial charge in [-0.25, -0.2) is 12.8 Å². The lowest BCUT2D eigenvalue weighted by Gasteiger charge is -2.15. The van der Waals surface area contributed by atoms with Gasteiger partial charge in [0.2, 0.25) is 15.9 Å². The van der Waals surface area contributed by atoms with Gasteiger partial charge in [-0.15, -0.1) is 0 Å². The number of hydrogen-bond acceptors (Lipinski definition) is 3. The van der Waals surface area contributed by atoms with E-state index in [2.05, 4.69) is 10.0 Å². The van der Waals surface area contributed by atoms with Crippen LogP contribution < -0.4 is 10.0 Å². The van der Waals surface area contributed by atoms with Crippen LogP contribution in [0.15, 0.2) is 53.4 Å². The maximum absolute atomic E-state index is 12.9. The maximum Gasteiger partial charge on any atom is 0.242 e.